The predicted molar refractivity (Wildman–Crippen MR) is 140 cm³/mol. The molecule has 45 heavy (non-hydrogen) atoms. The second kappa shape index (κ2) is 14.6. The zero-order valence-corrected chi connectivity index (χ0v) is 24.0. The van der Waals surface area contributed by atoms with E-state index in [0.717, 1.165) is 25.1 Å². The number of hydrogen-bond donors (Lipinski definition) is 2. The predicted octanol–water partition coefficient (Wildman–Crippen LogP) is 7.80. The third-order valence-corrected chi connectivity index (χ3v) is 7.16. The van der Waals surface area contributed by atoms with Gasteiger partial charge in [-0.05, 0) is 42.7 Å². The highest BCUT2D eigenvalue weighted by Gasteiger charge is 2.46. The van der Waals surface area contributed by atoms with Crippen LogP contribution in [-0.2, 0) is 5.54 Å². The van der Waals surface area contributed by atoms with Gasteiger partial charge in [-0.25, -0.2) is 9.18 Å². The average Bonchev–Trinajstić information content (AvgIpc) is 3.41. The van der Waals surface area contributed by atoms with Crippen LogP contribution < -0.4 is 15.4 Å². The summed E-state index contributed by atoms with van der Waals surface area (Å²) < 4.78 is 152. The van der Waals surface area contributed by atoms with Crippen molar-refractivity contribution in [2.45, 2.75) is 75.0 Å². The Labute approximate surface area is 255 Å². The number of pyridine rings is 1. The highest BCUT2D eigenvalue weighted by atomic mass is 35.5. The van der Waals surface area contributed by atoms with Crippen molar-refractivity contribution in [1.29, 1.82) is 0 Å². The first-order valence-electron chi connectivity index (χ1n) is 13.5. The lowest BCUT2D eigenvalue weighted by atomic mass is 9.84. The maximum absolute atomic E-state index is 14.9. The quantitative estimate of drug-likeness (QED) is 0.212. The standard InChI is InChI=1S/C27H28ClF11N4O2/c28-17-5-6-21(40-14-17)24(42-23(44)41-19-3-1-2-4-19,15-43(9-7-25(32,33)34)10-8-26(35,36)37)16-11-18(29)13-20(12-16)45-27(38,39)22(30)31/h5-6,11-14,19,22H,1-4,7-10,15H2,(H2,41,42,44). The maximum Gasteiger partial charge on any atom is 0.461 e. The van der Waals surface area contributed by atoms with Crippen LogP contribution in [0.4, 0.5) is 53.1 Å². The van der Waals surface area contributed by atoms with Crippen molar-refractivity contribution in [3.8, 4) is 5.75 Å². The summed E-state index contributed by atoms with van der Waals surface area (Å²) in [4.78, 5) is 18.1. The second-order valence-electron chi connectivity index (χ2n) is 10.5. The van der Waals surface area contributed by atoms with Crippen LogP contribution in [0, 0.1) is 5.82 Å². The van der Waals surface area contributed by atoms with Gasteiger partial charge in [-0.1, -0.05) is 24.4 Å². The largest absolute Gasteiger partial charge is 0.461 e. The molecule has 1 aliphatic rings. The number of carbonyl (C=O) groups is 1. The van der Waals surface area contributed by atoms with Crippen molar-refractivity contribution >= 4 is 17.6 Å². The molecule has 3 rings (SSSR count). The van der Waals surface area contributed by atoms with Crippen LogP contribution >= 0.6 is 11.6 Å². The summed E-state index contributed by atoms with van der Waals surface area (Å²) in [5, 5.41) is 5.09. The summed E-state index contributed by atoms with van der Waals surface area (Å²) in [7, 11) is 0. The number of carbonyl (C=O) groups excluding carboxylic acids is 1. The first-order chi connectivity index (χ1) is 20.8. The first kappa shape index (κ1) is 36.4. The van der Waals surface area contributed by atoms with Gasteiger partial charge in [0.25, 0.3) is 0 Å². The van der Waals surface area contributed by atoms with E-state index in [1.54, 1.807) is 0 Å². The Morgan fingerprint density at radius 2 is 1.58 bits per heavy atom. The zero-order valence-electron chi connectivity index (χ0n) is 23.2. The molecular weight excluding hydrogens is 657 g/mol. The molecule has 0 spiro atoms. The summed E-state index contributed by atoms with van der Waals surface area (Å²) in [5.41, 5.74) is -3.25. The monoisotopic (exact) mass is 684 g/mol. The Bertz CT molecular complexity index is 1250. The molecule has 1 atom stereocenters. The zero-order chi connectivity index (χ0) is 33.6. The number of ether oxygens (including phenoxy) is 1. The van der Waals surface area contributed by atoms with Crippen molar-refractivity contribution in [2.24, 2.45) is 0 Å². The number of nitrogens with one attached hydrogen (secondary N) is 2. The molecule has 6 nitrogen and oxygen atoms in total. The minimum atomic E-state index is -5.12. The molecule has 1 aromatic heterocycles. The van der Waals surface area contributed by atoms with Gasteiger partial charge in [0.15, 0.2) is 0 Å². The lowest BCUT2D eigenvalue weighted by Gasteiger charge is -2.40. The molecule has 1 fully saturated rings. The number of aromatic nitrogens is 1. The van der Waals surface area contributed by atoms with Gasteiger partial charge in [-0.15, -0.1) is 0 Å². The smallest absolute Gasteiger partial charge is 0.428 e. The lowest BCUT2D eigenvalue weighted by Crippen LogP contribution is -2.58. The van der Waals surface area contributed by atoms with E-state index < -0.39 is 86.1 Å². The lowest BCUT2D eigenvalue weighted by molar-refractivity contribution is -0.253. The fourth-order valence-electron chi connectivity index (χ4n) is 4.85. The molecule has 0 bridgehead atoms. The fourth-order valence-corrected chi connectivity index (χ4v) is 4.97. The molecule has 0 aliphatic heterocycles. The molecule has 1 unspecified atom stereocenters. The van der Waals surface area contributed by atoms with Gasteiger partial charge in [0.1, 0.15) is 17.1 Å². The topological polar surface area (TPSA) is 66.5 Å². The van der Waals surface area contributed by atoms with E-state index >= 15 is 0 Å². The van der Waals surface area contributed by atoms with E-state index in [1.165, 1.54) is 6.07 Å². The van der Waals surface area contributed by atoms with Crippen molar-refractivity contribution in [3.05, 3.63) is 58.6 Å². The second-order valence-corrected chi connectivity index (χ2v) is 10.9. The maximum atomic E-state index is 14.9. The van der Waals surface area contributed by atoms with E-state index in [1.807, 2.05) is 0 Å². The van der Waals surface area contributed by atoms with Crippen molar-refractivity contribution < 1.29 is 57.8 Å². The van der Waals surface area contributed by atoms with E-state index in [4.69, 9.17) is 11.6 Å². The van der Waals surface area contributed by atoms with E-state index in [-0.39, 0.29) is 16.8 Å². The van der Waals surface area contributed by atoms with Crippen LogP contribution in [0.2, 0.25) is 5.02 Å². The highest BCUT2D eigenvalue weighted by molar-refractivity contribution is 6.30. The van der Waals surface area contributed by atoms with Gasteiger partial charge in [0.2, 0.25) is 0 Å². The molecule has 1 heterocycles. The normalized spacial score (nSPS) is 16.2. The Balaban J connectivity index is 2.22. The Hall–Kier alpha value is -3.08. The molecule has 0 saturated heterocycles. The number of alkyl halides is 10. The number of urea groups is 1. The number of hydrogen-bond acceptors (Lipinski definition) is 4. The third-order valence-electron chi connectivity index (χ3n) is 6.94. The molecular formula is C27H28ClF11N4O2. The highest BCUT2D eigenvalue weighted by Crippen LogP contribution is 2.37. The van der Waals surface area contributed by atoms with Crippen LogP contribution in [0.25, 0.3) is 0 Å². The van der Waals surface area contributed by atoms with Crippen LogP contribution in [0.1, 0.15) is 49.8 Å². The number of halogens is 12. The number of nitrogens with zero attached hydrogens (tertiary/aromatic N) is 2. The van der Waals surface area contributed by atoms with Crippen LogP contribution in [0.15, 0.2) is 36.5 Å². The molecule has 18 heteroatoms. The SMILES string of the molecule is O=C(NC1CCCC1)NC(CN(CCC(F)(F)F)CCC(F)(F)F)(c1cc(F)cc(OC(F)(F)C(F)F)c1)c1ccc(Cl)cn1. The Morgan fingerprint density at radius 3 is 2.09 bits per heavy atom. The van der Waals surface area contributed by atoms with Gasteiger partial charge in [0, 0.05) is 37.9 Å². The van der Waals surface area contributed by atoms with Gasteiger partial charge < -0.3 is 15.4 Å². The van der Waals surface area contributed by atoms with Gasteiger partial charge in [0.05, 0.1) is 23.6 Å². The molecule has 2 amide bonds. The van der Waals surface area contributed by atoms with E-state index in [2.05, 4.69) is 20.4 Å². The average molecular weight is 685 g/mol. The number of benzene rings is 1. The van der Waals surface area contributed by atoms with Crippen molar-refractivity contribution in [3.63, 3.8) is 0 Å². The Morgan fingerprint density at radius 1 is 0.978 bits per heavy atom. The molecule has 2 N–H and O–H groups in total. The Kier molecular flexibility index (Phi) is 11.8. The van der Waals surface area contributed by atoms with Crippen molar-refractivity contribution in [1.82, 2.24) is 20.5 Å². The summed E-state index contributed by atoms with van der Waals surface area (Å²) in [6, 6.07) is 2.50. The fraction of sp³-hybridized carbons (Fsp3) is 0.556. The van der Waals surface area contributed by atoms with E-state index in [0.29, 0.717) is 35.9 Å². The van der Waals surface area contributed by atoms with Gasteiger partial charge in [-0.3, -0.25) is 9.88 Å². The van der Waals surface area contributed by atoms with E-state index in [9.17, 15) is 53.1 Å². The molecule has 2 aromatic rings. The first-order valence-corrected chi connectivity index (χ1v) is 13.9. The summed E-state index contributed by atoms with van der Waals surface area (Å²) in [6.45, 7) is -3.02. The molecule has 0 radical (unpaired) electrons. The number of rotatable bonds is 13. The van der Waals surface area contributed by atoms with Gasteiger partial charge in [-0.2, -0.15) is 43.9 Å². The number of amides is 2. The third kappa shape index (κ3) is 11.0. The minimum Gasteiger partial charge on any atom is -0.428 e. The molecule has 252 valence electrons. The van der Waals surface area contributed by atoms with Crippen LogP contribution in [0.3, 0.4) is 0 Å². The molecule has 1 aromatic carbocycles. The minimum absolute atomic E-state index is 0.00824. The van der Waals surface area contributed by atoms with Gasteiger partial charge >= 0.3 is 30.9 Å². The summed E-state index contributed by atoms with van der Waals surface area (Å²) in [5.74, 6) is -2.55. The molecule has 1 aliphatic carbocycles. The van der Waals surface area contributed by atoms with Crippen molar-refractivity contribution in [2.75, 3.05) is 19.6 Å². The molecule has 1 saturated carbocycles. The van der Waals surface area contributed by atoms with Crippen LogP contribution in [-0.4, -0.2) is 66.5 Å². The summed E-state index contributed by atoms with van der Waals surface area (Å²) >= 11 is 5.93. The summed E-state index contributed by atoms with van der Waals surface area (Å²) in [6.07, 6.45) is -18.7. The van der Waals surface area contributed by atoms with Crippen LogP contribution in [0.5, 0.6) is 5.75 Å².